The van der Waals surface area contributed by atoms with Crippen molar-refractivity contribution in [3.8, 4) is 5.75 Å². The van der Waals surface area contributed by atoms with E-state index >= 15 is 0 Å². The van der Waals surface area contributed by atoms with E-state index in [2.05, 4.69) is 18.1 Å². The summed E-state index contributed by atoms with van der Waals surface area (Å²) in [4.78, 5) is 45.1. The molecule has 0 saturated carbocycles. The zero-order valence-corrected chi connectivity index (χ0v) is 21.9. The predicted octanol–water partition coefficient (Wildman–Crippen LogP) is 5.64. The number of amides is 1. The van der Waals surface area contributed by atoms with Crippen LogP contribution in [0.2, 0.25) is 5.02 Å². The molecule has 1 aromatic heterocycles. The molecule has 1 saturated heterocycles. The summed E-state index contributed by atoms with van der Waals surface area (Å²) in [6, 6.07) is 12.0. The fraction of sp³-hybridized carbons (Fsp3) is 0.143. The van der Waals surface area contributed by atoms with Crippen molar-refractivity contribution in [1.29, 1.82) is 0 Å². The minimum absolute atomic E-state index is 0.00855. The molecule has 0 aliphatic carbocycles. The SMILES string of the molecule is C=CCOC(=O)c1sc(N2C(=O)C(=O)/C(=C(/O)c3ccc(Cl)cc3)C2c2cccc(OCC=C)c2)nc1C. The third-order valence-electron chi connectivity index (χ3n) is 5.61. The van der Waals surface area contributed by atoms with Crippen LogP contribution in [0, 0.1) is 6.92 Å². The number of hydrogen-bond donors (Lipinski definition) is 1. The number of halogens is 1. The number of carbonyl (C=O) groups is 3. The van der Waals surface area contributed by atoms with E-state index in [1.807, 2.05) is 0 Å². The number of rotatable bonds is 9. The van der Waals surface area contributed by atoms with Gasteiger partial charge in [0.25, 0.3) is 5.78 Å². The summed E-state index contributed by atoms with van der Waals surface area (Å²) in [6.45, 7) is 9.03. The second kappa shape index (κ2) is 11.5. The van der Waals surface area contributed by atoms with Crippen molar-refractivity contribution in [2.45, 2.75) is 13.0 Å². The molecule has 2 heterocycles. The first-order valence-electron chi connectivity index (χ1n) is 11.4. The first-order chi connectivity index (χ1) is 18.3. The van der Waals surface area contributed by atoms with Gasteiger partial charge in [0.15, 0.2) is 5.13 Å². The number of ether oxygens (including phenoxy) is 2. The van der Waals surface area contributed by atoms with Gasteiger partial charge in [0.2, 0.25) is 0 Å². The maximum absolute atomic E-state index is 13.4. The summed E-state index contributed by atoms with van der Waals surface area (Å²) >= 11 is 6.91. The van der Waals surface area contributed by atoms with Crippen molar-refractivity contribution in [1.82, 2.24) is 4.98 Å². The highest BCUT2D eigenvalue weighted by Crippen LogP contribution is 2.44. The second-order valence-corrected chi connectivity index (χ2v) is 9.56. The number of aromatic nitrogens is 1. The zero-order valence-electron chi connectivity index (χ0n) is 20.3. The molecule has 1 fully saturated rings. The standard InChI is InChI=1S/C28H23ClN2O6S/c1-4-13-36-20-8-6-7-18(15-20)22-21(23(32)17-9-11-19(29)12-10-17)24(33)26(34)31(22)28-30-16(3)25(38-28)27(35)37-14-5-2/h4-12,15,22,32H,1-2,13-14H2,3H3/b23-21+. The molecule has 1 atom stereocenters. The normalized spacial score (nSPS) is 16.4. The van der Waals surface area contributed by atoms with E-state index in [0.29, 0.717) is 27.6 Å². The Hall–Kier alpha value is -4.21. The Bertz CT molecular complexity index is 1460. The topological polar surface area (TPSA) is 106 Å². The number of carbonyl (C=O) groups excluding carboxylic acids is 3. The van der Waals surface area contributed by atoms with Gasteiger partial charge in [-0.05, 0) is 48.9 Å². The maximum Gasteiger partial charge on any atom is 0.350 e. The molecule has 1 amide bonds. The minimum Gasteiger partial charge on any atom is -0.507 e. The molecule has 3 aromatic rings. The van der Waals surface area contributed by atoms with Crippen LogP contribution in [0.1, 0.15) is 32.5 Å². The Kier molecular flexibility index (Phi) is 8.09. The molecule has 0 bridgehead atoms. The third-order valence-corrected chi connectivity index (χ3v) is 7.00. The van der Waals surface area contributed by atoms with Crippen LogP contribution in [-0.4, -0.2) is 41.0 Å². The van der Waals surface area contributed by atoms with Gasteiger partial charge in [0.1, 0.15) is 29.6 Å². The summed E-state index contributed by atoms with van der Waals surface area (Å²) in [5.74, 6) is -2.32. The molecule has 0 radical (unpaired) electrons. The predicted molar refractivity (Wildman–Crippen MR) is 146 cm³/mol. The van der Waals surface area contributed by atoms with Crippen LogP contribution in [0.3, 0.4) is 0 Å². The highest BCUT2D eigenvalue weighted by molar-refractivity contribution is 7.17. The average Bonchev–Trinajstić information content (AvgIpc) is 3.42. The highest BCUT2D eigenvalue weighted by atomic mass is 35.5. The van der Waals surface area contributed by atoms with E-state index in [-0.39, 0.29) is 34.6 Å². The molecule has 1 N–H and O–H groups in total. The largest absolute Gasteiger partial charge is 0.507 e. The molecule has 1 aliphatic heterocycles. The maximum atomic E-state index is 13.4. The fourth-order valence-electron chi connectivity index (χ4n) is 3.91. The van der Waals surface area contributed by atoms with Crippen LogP contribution in [0.25, 0.3) is 5.76 Å². The Morgan fingerprint density at radius 1 is 1.16 bits per heavy atom. The number of nitrogens with zero attached hydrogens (tertiary/aromatic N) is 2. The zero-order chi connectivity index (χ0) is 27.4. The molecule has 1 unspecified atom stereocenters. The van der Waals surface area contributed by atoms with Crippen LogP contribution in [0.15, 0.2) is 79.4 Å². The van der Waals surface area contributed by atoms with E-state index in [0.717, 1.165) is 11.3 Å². The van der Waals surface area contributed by atoms with Crippen molar-refractivity contribution in [3.05, 3.63) is 106 Å². The molecule has 1 aliphatic rings. The number of aliphatic hydroxyl groups excluding tert-OH is 1. The summed E-state index contributed by atoms with van der Waals surface area (Å²) in [7, 11) is 0. The lowest BCUT2D eigenvalue weighted by molar-refractivity contribution is -0.132. The van der Waals surface area contributed by atoms with E-state index in [1.165, 1.54) is 11.0 Å². The Balaban J connectivity index is 1.88. The minimum atomic E-state index is -1.06. The van der Waals surface area contributed by atoms with E-state index < -0.39 is 23.7 Å². The average molecular weight is 551 g/mol. The molecule has 194 valence electrons. The van der Waals surface area contributed by atoms with Crippen molar-refractivity contribution in [3.63, 3.8) is 0 Å². The highest BCUT2D eigenvalue weighted by Gasteiger charge is 2.48. The molecular formula is C28H23ClN2O6S. The molecular weight excluding hydrogens is 528 g/mol. The van der Waals surface area contributed by atoms with E-state index in [1.54, 1.807) is 61.5 Å². The van der Waals surface area contributed by atoms with Crippen molar-refractivity contribution >= 4 is 51.5 Å². The van der Waals surface area contributed by atoms with Crippen LogP contribution < -0.4 is 9.64 Å². The molecule has 2 aromatic carbocycles. The van der Waals surface area contributed by atoms with Crippen LogP contribution >= 0.6 is 22.9 Å². The molecule has 8 nitrogen and oxygen atoms in total. The van der Waals surface area contributed by atoms with Crippen molar-refractivity contribution in [2.24, 2.45) is 0 Å². The van der Waals surface area contributed by atoms with E-state index in [9.17, 15) is 19.5 Å². The van der Waals surface area contributed by atoms with Gasteiger partial charge in [-0.25, -0.2) is 9.78 Å². The van der Waals surface area contributed by atoms with Gasteiger partial charge in [-0.2, -0.15) is 0 Å². The summed E-state index contributed by atoms with van der Waals surface area (Å²) < 4.78 is 10.8. The number of esters is 1. The number of anilines is 1. The summed E-state index contributed by atoms with van der Waals surface area (Å²) in [6.07, 6.45) is 3.02. The van der Waals surface area contributed by atoms with Gasteiger partial charge in [-0.15, -0.1) is 0 Å². The molecule has 0 spiro atoms. The number of thiazole rings is 1. The Labute approximate surface area is 228 Å². The van der Waals surface area contributed by atoms with Gasteiger partial charge in [0, 0.05) is 10.6 Å². The number of Topliss-reactive ketones (excluding diaryl/α,β-unsaturated/α-hetero) is 1. The van der Waals surface area contributed by atoms with Crippen LogP contribution in [-0.2, 0) is 14.3 Å². The van der Waals surface area contributed by atoms with Crippen molar-refractivity contribution < 1.29 is 29.0 Å². The lowest BCUT2D eigenvalue weighted by atomic mass is 9.95. The molecule has 38 heavy (non-hydrogen) atoms. The van der Waals surface area contributed by atoms with Crippen molar-refractivity contribution in [2.75, 3.05) is 18.1 Å². The number of benzene rings is 2. The number of hydrogen-bond acceptors (Lipinski definition) is 8. The van der Waals surface area contributed by atoms with Gasteiger partial charge in [-0.3, -0.25) is 14.5 Å². The van der Waals surface area contributed by atoms with Gasteiger partial charge in [0.05, 0.1) is 17.3 Å². The molecule has 10 heteroatoms. The number of aryl methyl sites for hydroxylation is 1. The van der Waals surface area contributed by atoms with E-state index in [4.69, 9.17) is 21.1 Å². The summed E-state index contributed by atoms with van der Waals surface area (Å²) in [5, 5.41) is 11.8. The Morgan fingerprint density at radius 2 is 1.87 bits per heavy atom. The van der Waals surface area contributed by atoms with Gasteiger partial charge >= 0.3 is 11.9 Å². The number of ketones is 1. The van der Waals surface area contributed by atoms with Gasteiger partial charge < -0.3 is 14.6 Å². The quantitative estimate of drug-likeness (QED) is 0.121. The fourth-order valence-corrected chi connectivity index (χ4v) is 5.03. The van der Waals surface area contributed by atoms with Crippen LogP contribution in [0.5, 0.6) is 5.75 Å². The smallest absolute Gasteiger partial charge is 0.350 e. The Morgan fingerprint density at radius 3 is 2.55 bits per heavy atom. The summed E-state index contributed by atoms with van der Waals surface area (Å²) in [5.41, 5.74) is 0.993. The second-order valence-electron chi connectivity index (χ2n) is 8.15. The van der Waals surface area contributed by atoms with Crippen LogP contribution in [0.4, 0.5) is 5.13 Å². The number of aliphatic hydroxyl groups is 1. The first kappa shape index (κ1) is 26.8. The lowest BCUT2D eigenvalue weighted by Gasteiger charge is -2.23. The monoisotopic (exact) mass is 550 g/mol. The lowest BCUT2D eigenvalue weighted by Crippen LogP contribution is -2.29. The first-order valence-corrected chi connectivity index (χ1v) is 12.6. The molecule has 4 rings (SSSR count). The third kappa shape index (κ3) is 5.25. The van der Waals surface area contributed by atoms with Gasteiger partial charge in [-0.1, -0.05) is 60.4 Å².